The first-order valence-electron chi connectivity index (χ1n) is 8.15. The monoisotopic (exact) mass is 301 g/mol. The third-order valence-corrected chi connectivity index (χ3v) is 5.51. The smallest absolute Gasteiger partial charge is 0.254 e. The molecule has 1 aliphatic carbocycles. The van der Waals surface area contributed by atoms with Crippen molar-refractivity contribution < 1.29 is 14.7 Å². The Morgan fingerprint density at radius 1 is 1.27 bits per heavy atom. The number of rotatable bonds is 3. The van der Waals surface area contributed by atoms with Crippen LogP contribution >= 0.6 is 0 Å². The minimum Gasteiger partial charge on any atom is -0.396 e. The Labute approximate surface area is 131 Å². The summed E-state index contributed by atoms with van der Waals surface area (Å²) < 4.78 is 0. The van der Waals surface area contributed by atoms with Gasteiger partial charge in [0.25, 0.3) is 5.91 Å². The molecule has 0 radical (unpaired) electrons. The van der Waals surface area contributed by atoms with E-state index < -0.39 is 0 Å². The van der Waals surface area contributed by atoms with Gasteiger partial charge in [0.2, 0.25) is 0 Å². The fraction of sp³-hybridized carbons (Fsp3) is 0.556. The Morgan fingerprint density at radius 3 is 2.64 bits per heavy atom. The normalized spacial score (nSPS) is 20.1. The van der Waals surface area contributed by atoms with Crippen molar-refractivity contribution in [3.63, 3.8) is 0 Å². The summed E-state index contributed by atoms with van der Waals surface area (Å²) in [5.41, 5.74) is 2.32. The molecule has 0 bridgehead atoms. The second kappa shape index (κ2) is 5.84. The fourth-order valence-corrected chi connectivity index (χ4v) is 3.67. The minimum atomic E-state index is -0.0224. The van der Waals surface area contributed by atoms with Crippen molar-refractivity contribution in [2.24, 2.45) is 5.41 Å². The summed E-state index contributed by atoms with van der Waals surface area (Å²) in [6, 6.07) is 5.47. The quantitative estimate of drug-likeness (QED) is 0.933. The van der Waals surface area contributed by atoms with Crippen LogP contribution in [0.15, 0.2) is 18.2 Å². The third-order valence-electron chi connectivity index (χ3n) is 5.51. The van der Waals surface area contributed by atoms with E-state index >= 15 is 0 Å². The Balaban J connectivity index is 1.78. The lowest BCUT2D eigenvalue weighted by atomic mass is 9.77. The summed E-state index contributed by atoms with van der Waals surface area (Å²) in [6.07, 6.45) is 3.84. The zero-order valence-corrected chi connectivity index (χ0v) is 13.1. The molecule has 3 rings (SSSR count). The second-order valence-electron chi connectivity index (χ2n) is 6.56. The number of carbonyl (C=O) groups excluding carboxylic acids is 2. The van der Waals surface area contributed by atoms with E-state index in [-0.39, 0.29) is 23.7 Å². The Kier molecular flexibility index (Phi) is 4.04. The van der Waals surface area contributed by atoms with E-state index in [1.54, 1.807) is 0 Å². The number of carbonyl (C=O) groups is 2. The largest absolute Gasteiger partial charge is 0.396 e. The van der Waals surface area contributed by atoms with Crippen LogP contribution in [0.4, 0.5) is 0 Å². The maximum absolute atomic E-state index is 12.8. The Bertz CT molecular complexity index is 594. The van der Waals surface area contributed by atoms with E-state index in [4.69, 9.17) is 0 Å². The van der Waals surface area contributed by atoms with Gasteiger partial charge in [-0.1, -0.05) is 19.1 Å². The van der Waals surface area contributed by atoms with Crippen LogP contribution < -0.4 is 0 Å². The van der Waals surface area contributed by atoms with Crippen LogP contribution in [-0.2, 0) is 6.42 Å². The minimum absolute atomic E-state index is 0.0224. The molecule has 1 aliphatic heterocycles. The Morgan fingerprint density at radius 2 is 2.00 bits per heavy atom. The van der Waals surface area contributed by atoms with Crippen LogP contribution in [0.25, 0.3) is 0 Å². The number of piperidine rings is 1. The summed E-state index contributed by atoms with van der Waals surface area (Å²) in [7, 11) is 0. The molecule has 1 aromatic carbocycles. The average molecular weight is 301 g/mol. The maximum Gasteiger partial charge on any atom is 0.254 e. The van der Waals surface area contributed by atoms with Gasteiger partial charge >= 0.3 is 0 Å². The predicted octanol–water partition coefficient (Wildman–Crippen LogP) is 2.44. The van der Waals surface area contributed by atoms with E-state index in [9.17, 15) is 14.7 Å². The molecule has 1 heterocycles. The first-order valence-corrected chi connectivity index (χ1v) is 8.15. The van der Waals surface area contributed by atoms with Gasteiger partial charge in [0.15, 0.2) is 5.78 Å². The summed E-state index contributed by atoms with van der Waals surface area (Å²) in [5.74, 6) is 0.183. The molecule has 1 fully saturated rings. The number of amides is 1. The summed E-state index contributed by atoms with van der Waals surface area (Å²) in [5, 5.41) is 9.60. The average Bonchev–Trinajstić information content (AvgIpc) is 2.96. The molecular formula is C18H23NO3. The van der Waals surface area contributed by atoms with Crippen molar-refractivity contribution in [2.75, 3.05) is 19.7 Å². The van der Waals surface area contributed by atoms with Crippen molar-refractivity contribution in [3.05, 3.63) is 34.9 Å². The van der Waals surface area contributed by atoms with Crippen LogP contribution in [0.3, 0.4) is 0 Å². The predicted molar refractivity (Wildman–Crippen MR) is 84.0 cm³/mol. The number of likely N-dealkylation sites (tertiary alicyclic amines) is 1. The SMILES string of the molecule is CCC1(CO)CCN(C(=O)c2cccc3c2CCC3=O)CC1. The van der Waals surface area contributed by atoms with Gasteiger partial charge in [-0.25, -0.2) is 0 Å². The van der Waals surface area contributed by atoms with Crippen molar-refractivity contribution >= 4 is 11.7 Å². The first kappa shape index (κ1) is 15.2. The van der Waals surface area contributed by atoms with E-state index in [0.29, 0.717) is 31.5 Å². The van der Waals surface area contributed by atoms with Crippen LogP contribution in [0.2, 0.25) is 0 Å². The standard InChI is InChI=1S/C18H23NO3/c1-2-18(12-20)8-10-19(11-9-18)17(22)15-5-3-4-14-13(15)6-7-16(14)21/h3-5,20H,2,6-12H2,1H3. The summed E-state index contributed by atoms with van der Waals surface area (Å²) in [4.78, 5) is 26.5. The zero-order chi connectivity index (χ0) is 15.7. The fourth-order valence-electron chi connectivity index (χ4n) is 3.67. The third kappa shape index (κ3) is 2.45. The van der Waals surface area contributed by atoms with E-state index in [1.165, 1.54) is 0 Å². The zero-order valence-electron chi connectivity index (χ0n) is 13.1. The van der Waals surface area contributed by atoms with Gasteiger partial charge in [-0.2, -0.15) is 0 Å². The van der Waals surface area contributed by atoms with Crippen molar-refractivity contribution in [3.8, 4) is 0 Å². The molecule has 0 saturated carbocycles. The number of aliphatic hydroxyl groups excluding tert-OH is 1. The van der Waals surface area contributed by atoms with E-state index in [2.05, 4.69) is 6.92 Å². The summed E-state index contributed by atoms with van der Waals surface area (Å²) in [6.45, 7) is 3.67. The highest BCUT2D eigenvalue weighted by molar-refractivity contribution is 6.05. The number of aliphatic hydroxyl groups is 1. The lowest BCUT2D eigenvalue weighted by Gasteiger charge is -2.40. The van der Waals surface area contributed by atoms with Crippen molar-refractivity contribution in [2.45, 2.75) is 39.0 Å². The topological polar surface area (TPSA) is 57.6 Å². The second-order valence-corrected chi connectivity index (χ2v) is 6.56. The van der Waals surface area contributed by atoms with Gasteiger partial charge in [0.05, 0.1) is 0 Å². The van der Waals surface area contributed by atoms with Crippen molar-refractivity contribution in [1.29, 1.82) is 0 Å². The maximum atomic E-state index is 12.8. The molecule has 22 heavy (non-hydrogen) atoms. The van der Waals surface area contributed by atoms with Crippen LogP contribution in [-0.4, -0.2) is 41.4 Å². The Hall–Kier alpha value is -1.68. The molecule has 1 amide bonds. The van der Waals surface area contributed by atoms with Gasteiger partial charge in [0.1, 0.15) is 0 Å². The molecule has 2 aliphatic rings. The van der Waals surface area contributed by atoms with Gasteiger partial charge in [-0.3, -0.25) is 9.59 Å². The molecule has 1 saturated heterocycles. The highest BCUT2D eigenvalue weighted by Gasteiger charge is 2.35. The van der Waals surface area contributed by atoms with Gasteiger partial charge < -0.3 is 10.0 Å². The van der Waals surface area contributed by atoms with Crippen LogP contribution in [0.1, 0.15) is 58.9 Å². The van der Waals surface area contributed by atoms with Crippen molar-refractivity contribution in [1.82, 2.24) is 4.90 Å². The molecule has 1 aromatic rings. The number of fused-ring (bicyclic) bond motifs is 1. The van der Waals surface area contributed by atoms with Gasteiger partial charge in [0, 0.05) is 37.2 Å². The molecular weight excluding hydrogens is 278 g/mol. The number of Topliss-reactive ketones (excluding diaryl/α,β-unsaturated/α-hetero) is 1. The molecule has 0 atom stereocenters. The molecule has 1 N–H and O–H groups in total. The number of nitrogens with zero attached hydrogens (tertiary/aromatic N) is 1. The summed E-state index contributed by atoms with van der Waals surface area (Å²) >= 11 is 0. The molecule has 118 valence electrons. The lowest BCUT2D eigenvalue weighted by Crippen LogP contribution is -2.44. The van der Waals surface area contributed by atoms with E-state index in [1.807, 2.05) is 23.1 Å². The van der Waals surface area contributed by atoms with E-state index in [0.717, 1.165) is 30.4 Å². The van der Waals surface area contributed by atoms with Gasteiger partial charge in [-0.15, -0.1) is 0 Å². The molecule has 0 unspecified atom stereocenters. The molecule has 0 spiro atoms. The number of benzene rings is 1. The number of ketones is 1. The molecule has 0 aromatic heterocycles. The number of hydrogen-bond donors (Lipinski definition) is 1. The van der Waals surface area contributed by atoms with Crippen LogP contribution in [0, 0.1) is 5.41 Å². The highest BCUT2D eigenvalue weighted by Crippen LogP contribution is 2.35. The molecule has 4 heteroatoms. The lowest BCUT2D eigenvalue weighted by molar-refractivity contribution is 0.0337. The molecule has 4 nitrogen and oxygen atoms in total. The highest BCUT2D eigenvalue weighted by atomic mass is 16.3. The van der Waals surface area contributed by atoms with Gasteiger partial charge in [-0.05, 0) is 42.7 Å². The first-order chi connectivity index (χ1) is 10.6. The van der Waals surface area contributed by atoms with Crippen LogP contribution in [0.5, 0.6) is 0 Å². The number of hydrogen-bond acceptors (Lipinski definition) is 3.